The molecule has 4 nitrogen and oxygen atoms in total. The number of hydrogen-bond acceptors (Lipinski definition) is 4. The number of likely N-dealkylation sites (N-methyl/N-ethyl adjacent to an activating group) is 1. The van der Waals surface area contributed by atoms with Crippen LogP contribution in [0.4, 0.5) is 0 Å². The lowest BCUT2D eigenvalue weighted by Gasteiger charge is -2.39. The second kappa shape index (κ2) is 6.69. The largest absolute Gasteiger partial charge is 0.377 e. The fourth-order valence-corrected chi connectivity index (χ4v) is 2.23. The van der Waals surface area contributed by atoms with Crippen LogP contribution >= 0.6 is 0 Å². The predicted octanol–water partition coefficient (Wildman–Crippen LogP) is 1.11. The Labute approximate surface area is 106 Å². The molecule has 4 heteroatoms. The maximum absolute atomic E-state index is 5.60. The quantitative estimate of drug-likeness (QED) is 0.759. The molecular formula is C13H28N2O2. The number of ether oxygens (including phenoxy) is 2. The highest BCUT2D eigenvalue weighted by molar-refractivity contribution is 4.88. The van der Waals surface area contributed by atoms with Gasteiger partial charge >= 0.3 is 0 Å². The van der Waals surface area contributed by atoms with E-state index in [2.05, 4.69) is 37.9 Å². The second-order valence-electron chi connectivity index (χ2n) is 5.36. The topological polar surface area (TPSA) is 33.7 Å². The number of nitrogens with one attached hydrogen (secondary N) is 1. The molecule has 1 saturated heterocycles. The summed E-state index contributed by atoms with van der Waals surface area (Å²) in [5.74, 6) is 0. The molecule has 0 aromatic rings. The van der Waals surface area contributed by atoms with E-state index in [1.54, 1.807) is 7.11 Å². The fourth-order valence-electron chi connectivity index (χ4n) is 2.23. The van der Waals surface area contributed by atoms with Crippen LogP contribution in [-0.2, 0) is 9.47 Å². The average molecular weight is 244 g/mol. The van der Waals surface area contributed by atoms with Gasteiger partial charge in [0, 0.05) is 32.8 Å². The minimum Gasteiger partial charge on any atom is -0.377 e. The average Bonchev–Trinajstić information content (AvgIpc) is 2.28. The zero-order valence-corrected chi connectivity index (χ0v) is 12.0. The number of morpholine rings is 1. The molecule has 0 saturated carbocycles. The number of rotatable bonds is 6. The highest BCUT2D eigenvalue weighted by Gasteiger charge is 2.31. The van der Waals surface area contributed by atoms with Gasteiger partial charge in [-0.05, 0) is 27.3 Å². The lowest BCUT2D eigenvalue weighted by molar-refractivity contribution is -0.0499. The molecule has 17 heavy (non-hydrogen) atoms. The van der Waals surface area contributed by atoms with E-state index < -0.39 is 0 Å². The SMILES string of the molecule is CCNC(CN1CCOC(C)C1)C(C)(C)OC. The van der Waals surface area contributed by atoms with E-state index in [1.165, 1.54) is 0 Å². The second-order valence-corrected chi connectivity index (χ2v) is 5.36. The van der Waals surface area contributed by atoms with Crippen molar-refractivity contribution in [3.63, 3.8) is 0 Å². The molecule has 0 bridgehead atoms. The Bertz CT molecular complexity index is 221. The first-order valence-electron chi connectivity index (χ1n) is 6.62. The molecule has 0 aromatic heterocycles. The van der Waals surface area contributed by atoms with Crippen molar-refractivity contribution in [2.45, 2.75) is 45.4 Å². The highest BCUT2D eigenvalue weighted by atomic mass is 16.5. The first kappa shape index (κ1) is 14.9. The van der Waals surface area contributed by atoms with Crippen LogP contribution in [0.3, 0.4) is 0 Å². The molecule has 2 unspecified atom stereocenters. The van der Waals surface area contributed by atoms with Gasteiger partial charge in [-0.3, -0.25) is 4.90 Å². The van der Waals surface area contributed by atoms with Crippen molar-refractivity contribution in [1.82, 2.24) is 10.2 Å². The molecular weight excluding hydrogens is 216 g/mol. The van der Waals surface area contributed by atoms with Gasteiger partial charge in [0.05, 0.1) is 18.3 Å². The van der Waals surface area contributed by atoms with Gasteiger partial charge in [-0.1, -0.05) is 6.92 Å². The van der Waals surface area contributed by atoms with Crippen LogP contribution in [-0.4, -0.2) is 62.5 Å². The molecule has 1 heterocycles. The van der Waals surface area contributed by atoms with Crippen molar-refractivity contribution in [3.8, 4) is 0 Å². The summed E-state index contributed by atoms with van der Waals surface area (Å²) in [7, 11) is 1.78. The van der Waals surface area contributed by atoms with Gasteiger partial charge in [0.2, 0.25) is 0 Å². The third kappa shape index (κ3) is 4.54. The zero-order valence-electron chi connectivity index (χ0n) is 12.0. The van der Waals surface area contributed by atoms with Gasteiger partial charge in [-0.25, -0.2) is 0 Å². The van der Waals surface area contributed by atoms with Crippen LogP contribution in [0.5, 0.6) is 0 Å². The van der Waals surface area contributed by atoms with E-state index in [0.29, 0.717) is 12.1 Å². The van der Waals surface area contributed by atoms with Gasteiger partial charge in [0.25, 0.3) is 0 Å². The van der Waals surface area contributed by atoms with Crippen molar-refractivity contribution in [3.05, 3.63) is 0 Å². The molecule has 0 aromatic carbocycles. The van der Waals surface area contributed by atoms with Gasteiger partial charge in [-0.15, -0.1) is 0 Å². The Hall–Kier alpha value is -0.160. The lowest BCUT2D eigenvalue weighted by Crippen LogP contribution is -2.56. The third-order valence-corrected chi connectivity index (χ3v) is 3.58. The summed E-state index contributed by atoms with van der Waals surface area (Å²) in [4.78, 5) is 2.46. The van der Waals surface area contributed by atoms with Crippen LogP contribution in [0.1, 0.15) is 27.7 Å². The van der Waals surface area contributed by atoms with E-state index in [0.717, 1.165) is 32.8 Å². The highest BCUT2D eigenvalue weighted by Crippen LogP contribution is 2.16. The van der Waals surface area contributed by atoms with Crippen LogP contribution in [0.15, 0.2) is 0 Å². The van der Waals surface area contributed by atoms with Crippen molar-refractivity contribution in [2.24, 2.45) is 0 Å². The molecule has 1 aliphatic rings. The van der Waals surface area contributed by atoms with E-state index >= 15 is 0 Å². The van der Waals surface area contributed by atoms with Crippen molar-refractivity contribution in [1.29, 1.82) is 0 Å². The monoisotopic (exact) mass is 244 g/mol. The first-order valence-corrected chi connectivity index (χ1v) is 6.62. The first-order chi connectivity index (χ1) is 7.99. The molecule has 1 N–H and O–H groups in total. The Kier molecular flexibility index (Phi) is 5.86. The standard InChI is InChI=1S/C13H28N2O2/c1-6-14-12(13(3,4)16-5)10-15-7-8-17-11(2)9-15/h11-12,14H,6-10H2,1-5H3. The van der Waals surface area contributed by atoms with Gasteiger partial charge in [-0.2, -0.15) is 0 Å². The fraction of sp³-hybridized carbons (Fsp3) is 1.00. The minimum atomic E-state index is -0.141. The molecule has 1 fully saturated rings. The number of methoxy groups -OCH3 is 1. The van der Waals surface area contributed by atoms with Crippen LogP contribution in [0.25, 0.3) is 0 Å². The zero-order chi connectivity index (χ0) is 12.9. The van der Waals surface area contributed by atoms with Crippen LogP contribution in [0.2, 0.25) is 0 Å². The molecule has 102 valence electrons. The van der Waals surface area contributed by atoms with Crippen LogP contribution in [0, 0.1) is 0 Å². The lowest BCUT2D eigenvalue weighted by atomic mass is 9.97. The van der Waals surface area contributed by atoms with E-state index in [9.17, 15) is 0 Å². The molecule has 0 spiro atoms. The predicted molar refractivity (Wildman–Crippen MR) is 70.4 cm³/mol. The van der Waals surface area contributed by atoms with Gasteiger partial charge < -0.3 is 14.8 Å². The molecule has 1 aliphatic heterocycles. The van der Waals surface area contributed by atoms with E-state index in [-0.39, 0.29) is 5.60 Å². The summed E-state index contributed by atoms with van der Waals surface area (Å²) in [5.41, 5.74) is -0.141. The van der Waals surface area contributed by atoms with Gasteiger partial charge in [0.1, 0.15) is 0 Å². The minimum absolute atomic E-state index is 0.141. The van der Waals surface area contributed by atoms with Gasteiger partial charge in [0.15, 0.2) is 0 Å². The third-order valence-electron chi connectivity index (χ3n) is 3.58. The Balaban J connectivity index is 2.53. The summed E-state index contributed by atoms with van der Waals surface area (Å²) < 4.78 is 11.2. The van der Waals surface area contributed by atoms with Crippen molar-refractivity contribution < 1.29 is 9.47 Å². The normalized spacial score (nSPS) is 24.9. The van der Waals surface area contributed by atoms with Crippen molar-refractivity contribution in [2.75, 3.05) is 39.9 Å². The summed E-state index contributed by atoms with van der Waals surface area (Å²) in [6.07, 6.45) is 0.344. The smallest absolute Gasteiger partial charge is 0.0787 e. The summed E-state index contributed by atoms with van der Waals surface area (Å²) in [5, 5.41) is 3.53. The van der Waals surface area contributed by atoms with E-state index in [4.69, 9.17) is 9.47 Å². The van der Waals surface area contributed by atoms with E-state index in [1.807, 2.05) is 0 Å². The molecule has 0 radical (unpaired) electrons. The maximum Gasteiger partial charge on any atom is 0.0787 e. The Morgan fingerprint density at radius 1 is 1.53 bits per heavy atom. The number of nitrogens with zero attached hydrogens (tertiary/aromatic N) is 1. The molecule has 0 amide bonds. The van der Waals surface area contributed by atoms with Crippen molar-refractivity contribution >= 4 is 0 Å². The number of hydrogen-bond donors (Lipinski definition) is 1. The molecule has 1 rings (SSSR count). The molecule has 0 aliphatic carbocycles. The summed E-state index contributed by atoms with van der Waals surface area (Å²) >= 11 is 0. The van der Waals surface area contributed by atoms with Crippen LogP contribution < -0.4 is 5.32 Å². The summed E-state index contributed by atoms with van der Waals surface area (Å²) in [6, 6.07) is 0.350. The Morgan fingerprint density at radius 2 is 2.24 bits per heavy atom. The Morgan fingerprint density at radius 3 is 2.76 bits per heavy atom. The molecule has 2 atom stereocenters. The summed E-state index contributed by atoms with van der Waals surface area (Å²) in [6.45, 7) is 13.4. The maximum atomic E-state index is 5.60.